The van der Waals surface area contributed by atoms with Crippen LogP contribution >= 0.6 is 12.4 Å². The smallest absolute Gasteiger partial charge is 0.266 e. The Hall–Kier alpha value is -2.07. The fraction of sp³-hybridized carbons (Fsp3) is 0.200. The molecular weight excluding hydrogens is 276 g/mol. The average Bonchev–Trinajstić information content (AvgIpc) is 2.47. The van der Waals surface area contributed by atoms with Gasteiger partial charge in [-0.3, -0.25) is 4.79 Å². The summed E-state index contributed by atoms with van der Waals surface area (Å²) in [5.41, 5.74) is 0. The number of rotatable bonds is 5. The van der Waals surface area contributed by atoms with Crippen molar-refractivity contribution in [2.75, 3.05) is 5.32 Å². The first-order valence-corrected chi connectivity index (χ1v) is 6.23. The number of carbonyl (C=O) groups is 1. The van der Waals surface area contributed by atoms with E-state index >= 15 is 0 Å². The Morgan fingerprint density at radius 3 is 2.50 bits per heavy atom. The maximum Gasteiger partial charge on any atom is 0.266 e. The van der Waals surface area contributed by atoms with Gasteiger partial charge in [-0.2, -0.15) is 0 Å². The van der Waals surface area contributed by atoms with Crippen LogP contribution in [0.5, 0.6) is 5.75 Å². The summed E-state index contributed by atoms with van der Waals surface area (Å²) < 4.78 is 5.66. The molecule has 20 heavy (non-hydrogen) atoms. The number of nitrogens with zero attached hydrogens (tertiary/aromatic N) is 1. The Kier molecular flexibility index (Phi) is 6.53. The number of para-hydroxylation sites is 1. The van der Waals surface area contributed by atoms with E-state index in [2.05, 4.69) is 10.3 Å². The molecule has 0 aliphatic rings. The van der Waals surface area contributed by atoms with E-state index in [-0.39, 0.29) is 18.3 Å². The maximum absolute atomic E-state index is 12.1. The van der Waals surface area contributed by atoms with Crippen molar-refractivity contribution in [3.05, 3.63) is 54.7 Å². The van der Waals surface area contributed by atoms with E-state index in [9.17, 15) is 4.79 Å². The molecule has 0 radical (unpaired) electrons. The third-order valence-corrected chi connectivity index (χ3v) is 2.60. The van der Waals surface area contributed by atoms with Crippen LogP contribution in [-0.2, 0) is 4.79 Å². The van der Waals surface area contributed by atoms with Crippen LogP contribution in [0.25, 0.3) is 0 Å². The number of pyridine rings is 1. The summed E-state index contributed by atoms with van der Waals surface area (Å²) in [4.78, 5) is 16.1. The molecule has 1 aromatic heterocycles. The molecule has 5 heteroatoms. The number of ether oxygens (including phenoxy) is 1. The lowest BCUT2D eigenvalue weighted by Crippen LogP contribution is -2.32. The molecule has 1 unspecified atom stereocenters. The van der Waals surface area contributed by atoms with E-state index < -0.39 is 6.10 Å². The molecule has 2 rings (SSSR count). The van der Waals surface area contributed by atoms with Gasteiger partial charge < -0.3 is 10.1 Å². The zero-order valence-corrected chi connectivity index (χ0v) is 12.0. The van der Waals surface area contributed by atoms with Crippen LogP contribution in [0.1, 0.15) is 13.3 Å². The Morgan fingerprint density at radius 1 is 1.20 bits per heavy atom. The molecular formula is C15H17ClN2O2. The minimum atomic E-state index is -0.524. The Balaban J connectivity index is 0.00000200. The normalized spacial score (nSPS) is 11.1. The number of aromatic nitrogens is 1. The summed E-state index contributed by atoms with van der Waals surface area (Å²) in [6, 6.07) is 14.7. The van der Waals surface area contributed by atoms with E-state index in [1.165, 1.54) is 0 Å². The summed E-state index contributed by atoms with van der Waals surface area (Å²) in [6.45, 7) is 1.91. The van der Waals surface area contributed by atoms with Gasteiger partial charge in [0.25, 0.3) is 5.91 Å². The first-order chi connectivity index (χ1) is 9.29. The van der Waals surface area contributed by atoms with Gasteiger partial charge in [0.15, 0.2) is 6.10 Å². The number of nitrogens with one attached hydrogen (secondary N) is 1. The van der Waals surface area contributed by atoms with Crippen molar-refractivity contribution in [1.82, 2.24) is 4.98 Å². The molecule has 0 aliphatic heterocycles. The predicted octanol–water partition coefficient (Wildman–Crippen LogP) is 3.30. The summed E-state index contributed by atoms with van der Waals surface area (Å²) in [7, 11) is 0. The second-order valence-corrected chi connectivity index (χ2v) is 4.03. The molecule has 1 atom stereocenters. The Bertz CT molecular complexity index is 520. The van der Waals surface area contributed by atoms with Crippen LogP contribution in [0.15, 0.2) is 54.7 Å². The van der Waals surface area contributed by atoms with Crippen LogP contribution in [0.3, 0.4) is 0 Å². The van der Waals surface area contributed by atoms with Crippen molar-refractivity contribution in [2.45, 2.75) is 19.4 Å². The van der Waals surface area contributed by atoms with Gasteiger partial charge in [0.05, 0.1) is 0 Å². The summed E-state index contributed by atoms with van der Waals surface area (Å²) >= 11 is 0. The zero-order valence-electron chi connectivity index (χ0n) is 11.2. The lowest BCUT2D eigenvalue weighted by atomic mass is 10.2. The predicted molar refractivity (Wildman–Crippen MR) is 81.3 cm³/mol. The van der Waals surface area contributed by atoms with Gasteiger partial charge in [0, 0.05) is 6.20 Å². The fourth-order valence-corrected chi connectivity index (χ4v) is 1.63. The van der Waals surface area contributed by atoms with E-state index in [1.807, 2.05) is 43.3 Å². The van der Waals surface area contributed by atoms with Crippen molar-refractivity contribution in [1.29, 1.82) is 0 Å². The molecule has 106 valence electrons. The number of halogens is 1. The number of carbonyl (C=O) groups excluding carboxylic acids is 1. The van der Waals surface area contributed by atoms with Gasteiger partial charge in [0.1, 0.15) is 11.6 Å². The third-order valence-electron chi connectivity index (χ3n) is 2.60. The standard InChI is InChI=1S/C15H16N2O2.ClH/c1-2-13(19-12-8-4-3-5-9-12)15(18)17-14-10-6-7-11-16-14;/h3-11,13H,2H2,1H3,(H,16,17,18);1H. The van der Waals surface area contributed by atoms with E-state index in [4.69, 9.17) is 4.74 Å². The molecule has 0 aliphatic carbocycles. The first-order valence-electron chi connectivity index (χ1n) is 6.23. The molecule has 2 aromatic rings. The Morgan fingerprint density at radius 2 is 1.90 bits per heavy atom. The molecule has 0 bridgehead atoms. The van der Waals surface area contributed by atoms with E-state index in [0.717, 1.165) is 0 Å². The van der Waals surface area contributed by atoms with Crippen LogP contribution in [0.2, 0.25) is 0 Å². The van der Waals surface area contributed by atoms with E-state index in [1.54, 1.807) is 18.3 Å². The highest BCUT2D eigenvalue weighted by molar-refractivity contribution is 5.93. The summed E-state index contributed by atoms with van der Waals surface area (Å²) in [5.74, 6) is 1.03. The van der Waals surface area contributed by atoms with Crippen LogP contribution in [0.4, 0.5) is 5.82 Å². The van der Waals surface area contributed by atoms with E-state index in [0.29, 0.717) is 18.0 Å². The summed E-state index contributed by atoms with van der Waals surface area (Å²) in [6.07, 6.45) is 1.70. The minimum Gasteiger partial charge on any atom is -0.481 e. The summed E-state index contributed by atoms with van der Waals surface area (Å²) in [5, 5.41) is 2.74. The van der Waals surface area contributed by atoms with Gasteiger partial charge in [0.2, 0.25) is 0 Å². The molecule has 0 saturated carbocycles. The third kappa shape index (κ3) is 4.55. The second-order valence-electron chi connectivity index (χ2n) is 4.03. The monoisotopic (exact) mass is 292 g/mol. The lowest BCUT2D eigenvalue weighted by Gasteiger charge is -2.16. The Labute approximate surface area is 124 Å². The van der Waals surface area contributed by atoms with Gasteiger partial charge in [-0.1, -0.05) is 31.2 Å². The molecule has 0 spiro atoms. The lowest BCUT2D eigenvalue weighted by molar-refractivity contribution is -0.122. The van der Waals surface area contributed by atoms with Gasteiger partial charge in [-0.15, -0.1) is 12.4 Å². The topological polar surface area (TPSA) is 51.2 Å². The maximum atomic E-state index is 12.1. The highest BCUT2D eigenvalue weighted by Crippen LogP contribution is 2.13. The van der Waals surface area contributed by atoms with Crippen LogP contribution in [-0.4, -0.2) is 17.0 Å². The number of hydrogen-bond acceptors (Lipinski definition) is 3. The second kappa shape index (κ2) is 8.17. The number of anilines is 1. The quantitative estimate of drug-likeness (QED) is 0.920. The van der Waals surface area contributed by atoms with Crippen molar-refractivity contribution < 1.29 is 9.53 Å². The van der Waals surface area contributed by atoms with Crippen molar-refractivity contribution in [3.8, 4) is 5.75 Å². The fourth-order valence-electron chi connectivity index (χ4n) is 1.63. The molecule has 1 N–H and O–H groups in total. The molecule has 4 nitrogen and oxygen atoms in total. The van der Waals surface area contributed by atoms with Crippen molar-refractivity contribution in [3.63, 3.8) is 0 Å². The van der Waals surface area contributed by atoms with Crippen molar-refractivity contribution >= 4 is 24.1 Å². The highest BCUT2D eigenvalue weighted by Gasteiger charge is 2.18. The molecule has 1 heterocycles. The molecule has 0 saturated heterocycles. The van der Waals surface area contributed by atoms with Gasteiger partial charge >= 0.3 is 0 Å². The molecule has 0 fully saturated rings. The number of hydrogen-bond donors (Lipinski definition) is 1. The van der Waals surface area contributed by atoms with Crippen molar-refractivity contribution in [2.24, 2.45) is 0 Å². The zero-order chi connectivity index (χ0) is 13.5. The minimum absolute atomic E-state index is 0. The van der Waals surface area contributed by atoms with Crippen LogP contribution < -0.4 is 10.1 Å². The first kappa shape index (κ1) is 16.0. The van der Waals surface area contributed by atoms with Crippen LogP contribution in [0, 0.1) is 0 Å². The largest absolute Gasteiger partial charge is 0.481 e. The van der Waals surface area contributed by atoms with Gasteiger partial charge in [-0.05, 0) is 30.7 Å². The number of amides is 1. The number of benzene rings is 1. The molecule has 1 amide bonds. The van der Waals surface area contributed by atoms with Gasteiger partial charge in [-0.25, -0.2) is 4.98 Å². The SMILES string of the molecule is CCC(Oc1ccccc1)C(=O)Nc1ccccn1.Cl. The average molecular weight is 293 g/mol. The highest BCUT2D eigenvalue weighted by atomic mass is 35.5. The molecule has 1 aromatic carbocycles.